The number of amides is 3. The number of quaternary nitrogens is 1. The normalized spacial score (nSPS) is 27.3. The maximum absolute atomic E-state index is 14.0. The molecule has 34 heavy (non-hydrogen) atoms. The minimum atomic E-state index is -0.598. The molecule has 3 aliphatic rings. The van der Waals surface area contributed by atoms with Crippen LogP contribution in [0.5, 0.6) is 0 Å². The molecule has 1 aromatic heterocycles. The molecule has 9 heteroatoms. The number of carbonyl (C=O) groups is 3. The van der Waals surface area contributed by atoms with Crippen molar-refractivity contribution in [2.45, 2.75) is 17.0 Å². The fourth-order valence-electron chi connectivity index (χ4n) is 5.54. The van der Waals surface area contributed by atoms with Gasteiger partial charge in [0.05, 0.1) is 35.6 Å². The Morgan fingerprint density at radius 2 is 1.94 bits per heavy atom. The summed E-state index contributed by atoms with van der Waals surface area (Å²) < 4.78 is -0.158. The minimum absolute atomic E-state index is 0.0181. The Labute approximate surface area is 200 Å². The number of fused-ring (bicyclic) bond motifs is 2. The highest BCUT2D eigenvalue weighted by atomic mass is 32.2. The Hall–Kier alpha value is -3.58. The van der Waals surface area contributed by atoms with Crippen LogP contribution in [-0.4, -0.2) is 69.7 Å². The largest absolute Gasteiger partial charge is 0.433 e. The lowest BCUT2D eigenvalue weighted by Crippen LogP contribution is -2.62. The summed E-state index contributed by atoms with van der Waals surface area (Å²) in [7, 11) is 0. The molecule has 4 atom stereocenters. The van der Waals surface area contributed by atoms with Gasteiger partial charge in [-0.15, -0.1) is 11.8 Å². The molecule has 2 bridgehead atoms. The molecule has 0 radical (unpaired) electrons. The summed E-state index contributed by atoms with van der Waals surface area (Å²) in [4.78, 5) is 49.5. The molecule has 0 saturated carbocycles. The smallest absolute Gasteiger partial charge is 0.292 e. The van der Waals surface area contributed by atoms with Crippen LogP contribution in [-0.2, 0) is 9.59 Å². The Morgan fingerprint density at radius 3 is 2.74 bits per heavy atom. The maximum atomic E-state index is 14.0. The SMILES string of the molecule is N#Cc1ccc(N2C(=O)C3CN4CC(C(=O)CSc5ccccc5)[N+]3(C4)C2=O)c2cccnc12. The summed E-state index contributed by atoms with van der Waals surface area (Å²) in [5, 5.41) is 10.0. The number of hydrogen-bond acceptors (Lipinski definition) is 7. The number of urea groups is 1. The zero-order valence-corrected chi connectivity index (χ0v) is 18.9. The zero-order chi connectivity index (χ0) is 23.4. The van der Waals surface area contributed by atoms with Crippen molar-refractivity contribution in [2.75, 3.05) is 30.4 Å². The standard InChI is InChI=1S/C25H20N5O3S/c26-11-16-8-9-19(18-7-4-10-27-23(16)18)29-24(32)21-13-28-12-20(30(21,15-28)25(29)33)22(31)14-34-17-5-2-1-3-6-17/h1-10,20-21H,12-15H2/q+1. The van der Waals surface area contributed by atoms with Gasteiger partial charge in [0.15, 0.2) is 12.1 Å². The first-order chi connectivity index (χ1) is 16.5. The number of rotatable bonds is 5. The topological polar surface area (TPSA) is 94.4 Å². The predicted molar refractivity (Wildman–Crippen MR) is 126 cm³/mol. The fourth-order valence-corrected chi connectivity index (χ4v) is 6.39. The molecular weight excluding hydrogens is 450 g/mol. The molecule has 4 unspecified atom stereocenters. The molecule has 6 rings (SSSR count). The first-order valence-electron chi connectivity index (χ1n) is 11.0. The molecule has 8 nitrogen and oxygen atoms in total. The van der Waals surface area contributed by atoms with Crippen LogP contribution in [0.4, 0.5) is 10.5 Å². The van der Waals surface area contributed by atoms with Gasteiger partial charge in [-0.1, -0.05) is 18.2 Å². The number of aromatic nitrogens is 1. The number of nitrogens with zero attached hydrogens (tertiary/aromatic N) is 5. The van der Waals surface area contributed by atoms with Crippen molar-refractivity contribution in [3.8, 4) is 6.07 Å². The molecule has 2 aromatic carbocycles. The summed E-state index contributed by atoms with van der Waals surface area (Å²) >= 11 is 1.45. The number of benzene rings is 2. The van der Waals surface area contributed by atoms with E-state index in [-0.39, 0.29) is 28.0 Å². The molecule has 168 valence electrons. The van der Waals surface area contributed by atoms with E-state index in [1.807, 2.05) is 35.2 Å². The van der Waals surface area contributed by atoms with Crippen molar-refractivity contribution in [1.82, 2.24) is 9.88 Å². The Morgan fingerprint density at radius 1 is 1.12 bits per heavy atom. The quantitative estimate of drug-likeness (QED) is 0.322. The number of imide groups is 1. The van der Waals surface area contributed by atoms with Gasteiger partial charge in [-0.3, -0.25) is 14.6 Å². The van der Waals surface area contributed by atoms with Crippen LogP contribution in [0.2, 0.25) is 0 Å². The van der Waals surface area contributed by atoms with Crippen molar-refractivity contribution in [1.29, 1.82) is 5.26 Å². The van der Waals surface area contributed by atoms with Crippen molar-refractivity contribution in [3.63, 3.8) is 0 Å². The van der Waals surface area contributed by atoms with Gasteiger partial charge in [-0.2, -0.15) is 10.2 Å². The third-order valence-corrected chi connectivity index (χ3v) is 8.10. The van der Waals surface area contributed by atoms with E-state index in [0.717, 1.165) is 4.90 Å². The summed E-state index contributed by atoms with van der Waals surface area (Å²) in [6.07, 6.45) is 1.58. The lowest BCUT2D eigenvalue weighted by Gasteiger charge is -2.32. The number of nitriles is 1. The average Bonchev–Trinajstić information content (AvgIpc) is 3.51. The van der Waals surface area contributed by atoms with Crippen molar-refractivity contribution in [3.05, 3.63) is 66.4 Å². The van der Waals surface area contributed by atoms with Gasteiger partial charge in [-0.05, 0) is 36.4 Å². The molecule has 3 aliphatic heterocycles. The number of thioether (sulfide) groups is 1. The lowest BCUT2D eigenvalue weighted by molar-refractivity contribution is -0.852. The Kier molecular flexibility index (Phi) is 4.78. The van der Waals surface area contributed by atoms with Gasteiger partial charge in [-0.25, -0.2) is 14.2 Å². The number of Topliss-reactive ketones (excluding diaryl/α,β-unsaturated/α-hetero) is 1. The van der Waals surface area contributed by atoms with Gasteiger partial charge in [0.2, 0.25) is 5.78 Å². The van der Waals surface area contributed by atoms with E-state index in [1.165, 1.54) is 16.7 Å². The zero-order valence-electron chi connectivity index (χ0n) is 18.1. The molecule has 3 amide bonds. The van der Waals surface area contributed by atoms with Crippen LogP contribution >= 0.6 is 11.8 Å². The monoisotopic (exact) mass is 470 g/mol. The first kappa shape index (κ1) is 21.0. The van der Waals surface area contributed by atoms with Crippen LogP contribution in [0.15, 0.2) is 65.7 Å². The number of hydrogen-bond donors (Lipinski definition) is 0. The van der Waals surface area contributed by atoms with Crippen molar-refractivity contribution in [2.24, 2.45) is 0 Å². The van der Waals surface area contributed by atoms with E-state index in [9.17, 15) is 19.6 Å². The highest BCUT2D eigenvalue weighted by Crippen LogP contribution is 2.45. The molecular formula is C25H20N5O3S+. The van der Waals surface area contributed by atoms with Gasteiger partial charge >= 0.3 is 6.03 Å². The molecule has 3 saturated heterocycles. The second-order valence-electron chi connectivity index (χ2n) is 8.81. The second kappa shape index (κ2) is 7.74. The predicted octanol–water partition coefficient (Wildman–Crippen LogP) is 2.78. The average molecular weight is 471 g/mol. The first-order valence-corrected chi connectivity index (χ1v) is 12.0. The van der Waals surface area contributed by atoms with Gasteiger partial charge < -0.3 is 0 Å². The third-order valence-electron chi connectivity index (χ3n) is 7.07. The van der Waals surface area contributed by atoms with E-state index in [4.69, 9.17) is 0 Å². The van der Waals surface area contributed by atoms with E-state index in [2.05, 4.69) is 11.1 Å². The highest BCUT2D eigenvalue weighted by molar-refractivity contribution is 8.00. The van der Waals surface area contributed by atoms with Crippen molar-refractivity contribution >= 4 is 46.1 Å². The van der Waals surface area contributed by atoms with E-state index in [1.54, 1.807) is 30.5 Å². The molecule has 4 heterocycles. The van der Waals surface area contributed by atoms with Crippen LogP contribution in [0.1, 0.15) is 5.56 Å². The number of ketones is 1. The van der Waals surface area contributed by atoms with Gasteiger partial charge in [0.25, 0.3) is 5.91 Å². The minimum Gasteiger partial charge on any atom is -0.292 e. The molecule has 3 aromatic rings. The van der Waals surface area contributed by atoms with Gasteiger partial charge in [0, 0.05) is 16.5 Å². The summed E-state index contributed by atoms with van der Waals surface area (Å²) in [6.45, 7) is 1.31. The van der Waals surface area contributed by atoms with Crippen molar-refractivity contribution < 1.29 is 18.9 Å². The molecule has 0 aliphatic carbocycles. The number of carbonyl (C=O) groups excluding carboxylic acids is 3. The Balaban J connectivity index is 1.36. The van der Waals surface area contributed by atoms with E-state index in [0.29, 0.717) is 41.9 Å². The lowest BCUT2D eigenvalue weighted by atomic mass is 10.1. The van der Waals surface area contributed by atoms with Crippen LogP contribution in [0, 0.1) is 11.3 Å². The summed E-state index contributed by atoms with van der Waals surface area (Å²) in [5.74, 6) is -0.0635. The summed E-state index contributed by atoms with van der Waals surface area (Å²) in [6, 6.07) is 17.0. The molecule has 3 fully saturated rings. The Bertz CT molecular complexity index is 1400. The molecule has 1 spiro atoms. The third kappa shape index (κ3) is 2.86. The fraction of sp³-hybridized carbons (Fsp3) is 0.240. The highest BCUT2D eigenvalue weighted by Gasteiger charge is 2.73. The van der Waals surface area contributed by atoms with E-state index >= 15 is 0 Å². The van der Waals surface area contributed by atoms with E-state index < -0.39 is 12.1 Å². The van der Waals surface area contributed by atoms with Gasteiger partial charge in [0.1, 0.15) is 12.7 Å². The number of pyridine rings is 1. The molecule has 0 N–H and O–H groups in total. The maximum Gasteiger partial charge on any atom is 0.433 e. The second-order valence-corrected chi connectivity index (χ2v) is 9.86. The summed E-state index contributed by atoms with van der Waals surface area (Å²) in [5.41, 5.74) is 1.25. The number of anilines is 1. The van der Waals surface area contributed by atoms with Crippen LogP contribution in [0.3, 0.4) is 0 Å². The van der Waals surface area contributed by atoms with Crippen LogP contribution in [0.25, 0.3) is 10.9 Å². The van der Waals surface area contributed by atoms with Crippen LogP contribution < -0.4 is 4.90 Å². The number of piperazine rings is 1.